The number of hydrogen-bond donors (Lipinski definition) is 1. The fourth-order valence-electron chi connectivity index (χ4n) is 2.42. The van der Waals surface area contributed by atoms with Gasteiger partial charge in [-0.05, 0) is 23.6 Å². The number of nitrogens with one attached hydrogen (secondary N) is 1. The Bertz CT molecular complexity index is 729. The number of carbonyl (C=O) groups excluding carboxylic acids is 2. The molecule has 0 radical (unpaired) electrons. The monoisotopic (exact) mass is 285 g/mol. The number of hydrogen-bond acceptors (Lipinski definition) is 5. The quantitative estimate of drug-likeness (QED) is 0.863. The molecule has 2 amide bonds. The second-order valence-electron chi connectivity index (χ2n) is 4.94. The third-order valence-corrected chi connectivity index (χ3v) is 3.67. The van der Waals surface area contributed by atoms with Gasteiger partial charge < -0.3 is 10.1 Å². The smallest absolute Gasteiger partial charge is 0.251 e. The standard InChI is InChI=1S/C15H15N3O3/c1-18-13(19)8-12(15(18)20)17-14-11-7-10(21-2)4-3-9(11)5-6-16-14/h3-7,12H,8H2,1-2H3,(H,16,17). The van der Waals surface area contributed by atoms with E-state index in [9.17, 15) is 9.59 Å². The van der Waals surface area contributed by atoms with Crippen LogP contribution in [0.1, 0.15) is 6.42 Å². The van der Waals surface area contributed by atoms with Crippen LogP contribution in [0.25, 0.3) is 10.8 Å². The molecule has 108 valence electrons. The summed E-state index contributed by atoms with van der Waals surface area (Å²) in [6.45, 7) is 0. The Labute approximate surface area is 121 Å². The van der Waals surface area contributed by atoms with E-state index in [1.165, 1.54) is 7.05 Å². The number of aromatic nitrogens is 1. The minimum Gasteiger partial charge on any atom is -0.497 e. The van der Waals surface area contributed by atoms with Crippen molar-refractivity contribution in [3.63, 3.8) is 0 Å². The highest BCUT2D eigenvalue weighted by atomic mass is 16.5. The lowest BCUT2D eigenvalue weighted by Gasteiger charge is -2.14. The molecule has 1 aromatic carbocycles. The summed E-state index contributed by atoms with van der Waals surface area (Å²) in [4.78, 5) is 29.0. The van der Waals surface area contributed by atoms with Crippen LogP contribution in [0.15, 0.2) is 30.5 Å². The average molecular weight is 285 g/mol. The number of ether oxygens (including phenoxy) is 1. The van der Waals surface area contributed by atoms with Gasteiger partial charge in [0.1, 0.15) is 17.6 Å². The number of amides is 2. The third kappa shape index (κ3) is 2.29. The first-order valence-corrected chi connectivity index (χ1v) is 6.60. The van der Waals surface area contributed by atoms with E-state index in [-0.39, 0.29) is 18.2 Å². The summed E-state index contributed by atoms with van der Waals surface area (Å²) in [5.74, 6) is 0.870. The van der Waals surface area contributed by atoms with E-state index in [1.54, 1.807) is 13.3 Å². The van der Waals surface area contributed by atoms with E-state index in [0.29, 0.717) is 11.6 Å². The fourth-order valence-corrected chi connectivity index (χ4v) is 2.42. The molecule has 3 rings (SSSR count). The molecule has 0 aliphatic carbocycles. The van der Waals surface area contributed by atoms with Crippen molar-refractivity contribution in [2.45, 2.75) is 12.5 Å². The van der Waals surface area contributed by atoms with Crippen LogP contribution >= 0.6 is 0 Å². The van der Waals surface area contributed by atoms with Gasteiger partial charge in [0.15, 0.2) is 0 Å². The molecule has 1 aliphatic heterocycles. The largest absolute Gasteiger partial charge is 0.497 e. The number of fused-ring (bicyclic) bond motifs is 1. The molecule has 1 aromatic heterocycles. The lowest BCUT2D eigenvalue weighted by molar-refractivity contribution is -0.136. The number of likely N-dealkylation sites (N-methyl/N-ethyl adjacent to an activating group) is 1. The van der Waals surface area contributed by atoms with Crippen LogP contribution < -0.4 is 10.1 Å². The first-order valence-electron chi connectivity index (χ1n) is 6.60. The Balaban J connectivity index is 1.97. The summed E-state index contributed by atoms with van der Waals surface area (Å²) in [7, 11) is 3.09. The Morgan fingerprint density at radius 3 is 2.81 bits per heavy atom. The molecule has 0 saturated carbocycles. The molecule has 1 aliphatic rings. The molecular weight excluding hydrogens is 270 g/mol. The van der Waals surface area contributed by atoms with Gasteiger partial charge in [-0.2, -0.15) is 0 Å². The van der Waals surface area contributed by atoms with Crippen LogP contribution in [0, 0.1) is 0 Å². The highest BCUT2D eigenvalue weighted by molar-refractivity contribution is 6.07. The van der Waals surface area contributed by atoms with E-state index in [0.717, 1.165) is 15.7 Å². The van der Waals surface area contributed by atoms with Crippen molar-refractivity contribution >= 4 is 28.4 Å². The van der Waals surface area contributed by atoms with Crippen LogP contribution in [0.5, 0.6) is 5.75 Å². The van der Waals surface area contributed by atoms with Crippen LogP contribution in [-0.2, 0) is 9.59 Å². The van der Waals surface area contributed by atoms with Crippen molar-refractivity contribution in [1.29, 1.82) is 0 Å². The minimum atomic E-state index is -0.563. The number of carbonyl (C=O) groups is 2. The highest BCUT2D eigenvalue weighted by Gasteiger charge is 2.36. The van der Waals surface area contributed by atoms with Gasteiger partial charge in [-0.1, -0.05) is 6.07 Å². The van der Waals surface area contributed by atoms with Gasteiger partial charge in [-0.15, -0.1) is 0 Å². The second-order valence-corrected chi connectivity index (χ2v) is 4.94. The molecule has 1 N–H and O–H groups in total. The van der Waals surface area contributed by atoms with Crippen molar-refractivity contribution in [3.8, 4) is 5.75 Å². The van der Waals surface area contributed by atoms with Crippen LogP contribution in [-0.4, -0.2) is 41.9 Å². The predicted molar refractivity (Wildman–Crippen MR) is 78.1 cm³/mol. The van der Waals surface area contributed by atoms with Gasteiger partial charge in [0, 0.05) is 18.6 Å². The minimum absolute atomic E-state index is 0.150. The molecular formula is C15H15N3O3. The van der Waals surface area contributed by atoms with Crippen LogP contribution in [0.4, 0.5) is 5.82 Å². The average Bonchev–Trinajstić information content (AvgIpc) is 2.74. The zero-order valence-corrected chi connectivity index (χ0v) is 11.8. The molecule has 2 heterocycles. The van der Waals surface area contributed by atoms with Crippen molar-refractivity contribution < 1.29 is 14.3 Å². The van der Waals surface area contributed by atoms with Crippen LogP contribution in [0.2, 0.25) is 0 Å². The first-order chi connectivity index (χ1) is 10.1. The van der Waals surface area contributed by atoms with Gasteiger partial charge in [0.2, 0.25) is 5.91 Å². The summed E-state index contributed by atoms with van der Waals surface area (Å²) in [6.07, 6.45) is 1.82. The Morgan fingerprint density at radius 1 is 1.33 bits per heavy atom. The van der Waals surface area contributed by atoms with Crippen molar-refractivity contribution in [2.24, 2.45) is 0 Å². The summed E-state index contributed by atoms with van der Waals surface area (Å²) in [5, 5.41) is 4.91. The molecule has 6 nitrogen and oxygen atoms in total. The van der Waals surface area contributed by atoms with E-state index in [4.69, 9.17) is 4.74 Å². The molecule has 1 atom stereocenters. The number of pyridine rings is 1. The maximum absolute atomic E-state index is 12.0. The van der Waals surface area contributed by atoms with E-state index >= 15 is 0 Å². The molecule has 1 fully saturated rings. The predicted octanol–water partition coefficient (Wildman–Crippen LogP) is 1.41. The maximum atomic E-state index is 12.0. The molecule has 6 heteroatoms. The SMILES string of the molecule is COc1ccc2ccnc(NC3CC(=O)N(C)C3=O)c2c1. The lowest BCUT2D eigenvalue weighted by Crippen LogP contribution is -2.32. The summed E-state index contributed by atoms with van der Waals surface area (Å²) in [5.41, 5.74) is 0. The van der Waals surface area contributed by atoms with E-state index < -0.39 is 6.04 Å². The molecule has 21 heavy (non-hydrogen) atoms. The summed E-state index contributed by atoms with van der Waals surface area (Å²) >= 11 is 0. The molecule has 2 aromatic rings. The topological polar surface area (TPSA) is 71.5 Å². The van der Waals surface area contributed by atoms with E-state index in [2.05, 4.69) is 10.3 Å². The number of anilines is 1. The van der Waals surface area contributed by atoms with Gasteiger partial charge in [-0.25, -0.2) is 4.98 Å². The lowest BCUT2D eigenvalue weighted by atomic mass is 10.1. The second kappa shape index (κ2) is 5.05. The normalized spacial score (nSPS) is 18.4. The molecule has 1 saturated heterocycles. The zero-order valence-electron chi connectivity index (χ0n) is 11.8. The number of rotatable bonds is 3. The van der Waals surface area contributed by atoms with Gasteiger partial charge in [0.05, 0.1) is 13.5 Å². The third-order valence-electron chi connectivity index (χ3n) is 3.67. The Kier molecular flexibility index (Phi) is 3.21. The number of methoxy groups -OCH3 is 1. The highest BCUT2D eigenvalue weighted by Crippen LogP contribution is 2.27. The Hall–Kier alpha value is -2.63. The number of imide groups is 1. The first kappa shape index (κ1) is 13.4. The number of benzene rings is 1. The maximum Gasteiger partial charge on any atom is 0.251 e. The Morgan fingerprint density at radius 2 is 2.14 bits per heavy atom. The van der Waals surface area contributed by atoms with E-state index in [1.807, 2.05) is 24.3 Å². The van der Waals surface area contributed by atoms with Crippen molar-refractivity contribution in [2.75, 3.05) is 19.5 Å². The molecule has 1 unspecified atom stereocenters. The van der Waals surface area contributed by atoms with Gasteiger partial charge >= 0.3 is 0 Å². The summed E-state index contributed by atoms with van der Waals surface area (Å²) in [6, 6.07) is 6.97. The number of nitrogens with zero attached hydrogens (tertiary/aromatic N) is 2. The van der Waals surface area contributed by atoms with Crippen molar-refractivity contribution in [1.82, 2.24) is 9.88 Å². The fraction of sp³-hybridized carbons (Fsp3) is 0.267. The molecule has 0 bridgehead atoms. The van der Waals surface area contributed by atoms with Crippen LogP contribution in [0.3, 0.4) is 0 Å². The summed E-state index contributed by atoms with van der Waals surface area (Å²) < 4.78 is 5.22. The van der Waals surface area contributed by atoms with Crippen molar-refractivity contribution in [3.05, 3.63) is 30.5 Å². The van der Waals surface area contributed by atoms with Gasteiger partial charge in [-0.3, -0.25) is 14.5 Å². The van der Waals surface area contributed by atoms with Gasteiger partial charge in [0.25, 0.3) is 5.91 Å². The molecule has 0 spiro atoms. The zero-order chi connectivity index (χ0) is 15.0. The number of likely N-dealkylation sites (tertiary alicyclic amines) is 1.